The van der Waals surface area contributed by atoms with Crippen LogP contribution in [0.5, 0.6) is 5.75 Å². The van der Waals surface area contributed by atoms with Crippen LogP contribution in [0.1, 0.15) is 6.42 Å². The van der Waals surface area contributed by atoms with E-state index in [1.54, 1.807) is 36.3 Å². The molecule has 1 aliphatic rings. The Balaban J connectivity index is 2.01. The highest BCUT2D eigenvalue weighted by Gasteiger charge is 2.35. The number of carbonyl (C=O) groups is 3. The van der Waals surface area contributed by atoms with E-state index in [1.165, 1.54) is 7.11 Å². The Morgan fingerprint density at radius 1 is 1.36 bits per heavy atom. The van der Waals surface area contributed by atoms with Crippen molar-refractivity contribution in [2.75, 3.05) is 32.2 Å². The molecule has 2 rings (SSSR count). The first-order chi connectivity index (χ1) is 10.5. The van der Waals surface area contributed by atoms with Crippen molar-refractivity contribution in [3.8, 4) is 5.75 Å². The molecule has 1 N–H and O–H groups in total. The molecule has 1 aliphatic heterocycles. The van der Waals surface area contributed by atoms with Gasteiger partial charge in [-0.3, -0.25) is 14.4 Å². The second kappa shape index (κ2) is 6.93. The zero-order valence-corrected chi connectivity index (χ0v) is 12.5. The van der Waals surface area contributed by atoms with E-state index < -0.39 is 11.9 Å². The van der Waals surface area contributed by atoms with Gasteiger partial charge in [-0.1, -0.05) is 6.07 Å². The molecule has 118 valence electrons. The maximum atomic E-state index is 12.1. The fourth-order valence-electron chi connectivity index (χ4n) is 2.29. The predicted octanol–water partition coefficient (Wildman–Crippen LogP) is 0.337. The fourth-order valence-corrected chi connectivity index (χ4v) is 2.29. The second-order valence-electron chi connectivity index (χ2n) is 4.90. The summed E-state index contributed by atoms with van der Waals surface area (Å²) in [5, 5.41) is 2.47. The third-order valence-electron chi connectivity index (χ3n) is 3.50. The van der Waals surface area contributed by atoms with Crippen LogP contribution in [0.2, 0.25) is 0 Å². The molecule has 0 saturated carbocycles. The van der Waals surface area contributed by atoms with Crippen molar-refractivity contribution in [2.24, 2.45) is 5.92 Å². The minimum Gasteiger partial charge on any atom is -0.497 e. The van der Waals surface area contributed by atoms with E-state index in [1.807, 2.05) is 0 Å². The summed E-state index contributed by atoms with van der Waals surface area (Å²) in [7, 11) is 2.80. The summed E-state index contributed by atoms with van der Waals surface area (Å²) >= 11 is 0. The van der Waals surface area contributed by atoms with E-state index in [2.05, 4.69) is 10.1 Å². The fraction of sp³-hybridized carbons (Fsp3) is 0.400. The standard InChI is InChI=1S/C15H18N2O5/c1-21-12-5-3-4-11(7-12)17-9-10(6-13(17)18)15(20)16-8-14(19)22-2/h3-5,7,10H,6,8-9H2,1-2H3,(H,16,20)/t10-/m1/s1. The molecule has 0 bridgehead atoms. The summed E-state index contributed by atoms with van der Waals surface area (Å²) in [6, 6.07) is 7.10. The summed E-state index contributed by atoms with van der Waals surface area (Å²) in [5.74, 6) is -0.829. The Bertz CT molecular complexity index is 587. The predicted molar refractivity (Wildman–Crippen MR) is 78.5 cm³/mol. The number of nitrogens with zero attached hydrogens (tertiary/aromatic N) is 1. The minimum atomic E-state index is -0.526. The number of ether oxygens (including phenoxy) is 2. The van der Waals surface area contributed by atoms with Gasteiger partial charge in [0.05, 0.1) is 20.1 Å². The van der Waals surface area contributed by atoms with Gasteiger partial charge in [-0.25, -0.2) is 0 Å². The molecule has 1 atom stereocenters. The first-order valence-corrected chi connectivity index (χ1v) is 6.84. The first kappa shape index (κ1) is 15.8. The molecule has 7 heteroatoms. The Morgan fingerprint density at radius 3 is 2.82 bits per heavy atom. The summed E-state index contributed by atoms with van der Waals surface area (Å²) in [4.78, 5) is 36.7. The largest absolute Gasteiger partial charge is 0.497 e. The lowest BCUT2D eigenvalue weighted by molar-refractivity contribution is -0.141. The number of benzene rings is 1. The molecule has 0 spiro atoms. The van der Waals surface area contributed by atoms with Gasteiger partial charge in [0.1, 0.15) is 12.3 Å². The van der Waals surface area contributed by atoms with E-state index in [4.69, 9.17) is 4.74 Å². The number of nitrogens with one attached hydrogen (secondary N) is 1. The molecule has 0 aromatic heterocycles. The van der Waals surface area contributed by atoms with Gasteiger partial charge in [0, 0.05) is 24.7 Å². The summed E-state index contributed by atoms with van der Waals surface area (Å²) in [6.07, 6.45) is 0.115. The van der Waals surface area contributed by atoms with Crippen molar-refractivity contribution in [1.82, 2.24) is 5.32 Å². The van der Waals surface area contributed by atoms with Crippen LogP contribution in [-0.4, -0.2) is 45.1 Å². The van der Waals surface area contributed by atoms with Crippen LogP contribution < -0.4 is 15.0 Å². The normalized spacial score (nSPS) is 17.3. The summed E-state index contributed by atoms with van der Waals surface area (Å²) < 4.78 is 9.59. The maximum Gasteiger partial charge on any atom is 0.325 e. The van der Waals surface area contributed by atoms with E-state index >= 15 is 0 Å². The van der Waals surface area contributed by atoms with E-state index in [0.717, 1.165) is 0 Å². The highest BCUT2D eigenvalue weighted by Crippen LogP contribution is 2.27. The van der Waals surface area contributed by atoms with Crippen molar-refractivity contribution >= 4 is 23.5 Å². The average molecular weight is 306 g/mol. The van der Waals surface area contributed by atoms with Crippen molar-refractivity contribution in [1.29, 1.82) is 0 Å². The van der Waals surface area contributed by atoms with Gasteiger partial charge in [0.15, 0.2) is 0 Å². The Kier molecular flexibility index (Phi) is 4.98. The molecule has 22 heavy (non-hydrogen) atoms. The number of hydrogen-bond acceptors (Lipinski definition) is 5. The maximum absolute atomic E-state index is 12.1. The summed E-state index contributed by atoms with van der Waals surface area (Å²) in [6.45, 7) is 0.0815. The third kappa shape index (κ3) is 3.55. The molecule has 1 aromatic carbocycles. The molecule has 2 amide bonds. The number of amides is 2. The van der Waals surface area contributed by atoms with Gasteiger partial charge in [-0.15, -0.1) is 0 Å². The number of methoxy groups -OCH3 is 2. The van der Waals surface area contributed by atoms with Crippen molar-refractivity contribution < 1.29 is 23.9 Å². The number of anilines is 1. The number of esters is 1. The minimum absolute atomic E-state index is 0.115. The monoisotopic (exact) mass is 306 g/mol. The molecule has 1 aromatic rings. The van der Waals surface area contributed by atoms with Gasteiger partial charge < -0.3 is 19.7 Å². The molecule has 7 nitrogen and oxygen atoms in total. The Morgan fingerprint density at radius 2 is 2.14 bits per heavy atom. The molecule has 1 saturated heterocycles. The zero-order chi connectivity index (χ0) is 16.1. The lowest BCUT2D eigenvalue weighted by Crippen LogP contribution is -2.36. The van der Waals surface area contributed by atoms with E-state index in [0.29, 0.717) is 11.4 Å². The van der Waals surface area contributed by atoms with Crippen LogP contribution >= 0.6 is 0 Å². The third-order valence-corrected chi connectivity index (χ3v) is 3.50. The summed E-state index contributed by atoms with van der Waals surface area (Å²) in [5.41, 5.74) is 0.688. The van der Waals surface area contributed by atoms with Crippen molar-refractivity contribution in [3.63, 3.8) is 0 Å². The highest BCUT2D eigenvalue weighted by molar-refractivity contribution is 6.00. The molecular formula is C15H18N2O5. The second-order valence-corrected chi connectivity index (χ2v) is 4.90. The van der Waals surface area contributed by atoms with E-state index in [-0.39, 0.29) is 31.3 Å². The number of hydrogen-bond donors (Lipinski definition) is 1. The van der Waals surface area contributed by atoms with Crippen LogP contribution in [0.4, 0.5) is 5.69 Å². The Labute approximate surface area is 128 Å². The lowest BCUT2D eigenvalue weighted by Gasteiger charge is -2.17. The van der Waals surface area contributed by atoms with Gasteiger partial charge >= 0.3 is 5.97 Å². The SMILES string of the molecule is COC(=O)CNC(=O)[C@@H]1CC(=O)N(c2cccc(OC)c2)C1. The van der Waals surface area contributed by atoms with Gasteiger partial charge in [0.25, 0.3) is 0 Å². The van der Waals surface area contributed by atoms with Crippen molar-refractivity contribution in [2.45, 2.75) is 6.42 Å². The van der Waals surface area contributed by atoms with Gasteiger partial charge in [-0.2, -0.15) is 0 Å². The molecule has 0 aliphatic carbocycles. The smallest absolute Gasteiger partial charge is 0.325 e. The lowest BCUT2D eigenvalue weighted by atomic mass is 10.1. The Hall–Kier alpha value is -2.57. The van der Waals surface area contributed by atoms with Crippen LogP contribution in [-0.2, 0) is 19.1 Å². The first-order valence-electron chi connectivity index (χ1n) is 6.84. The quantitative estimate of drug-likeness (QED) is 0.793. The number of carbonyl (C=O) groups excluding carboxylic acids is 3. The average Bonchev–Trinajstić information content (AvgIpc) is 2.94. The van der Waals surface area contributed by atoms with Crippen molar-refractivity contribution in [3.05, 3.63) is 24.3 Å². The van der Waals surface area contributed by atoms with Crippen LogP contribution in [0.15, 0.2) is 24.3 Å². The molecule has 1 fully saturated rings. The van der Waals surface area contributed by atoms with Crippen LogP contribution in [0.3, 0.4) is 0 Å². The zero-order valence-electron chi connectivity index (χ0n) is 12.5. The topological polar surface area (TPSA) is 84.9 Å². The molecule has 1 heterocycles. The molecular weight excluding hydrogens is 288 g/mol. The van der Waals surface area contributed by atoms with Crippen LogP contribution in [0.25, 0.3) is 0 Å². The molecule has 0 radical (unpaired) electrons. The number of rotatable bonds is 5. The highest BCUT2D eigenvalue weighted by atomic mass is 16.5. The van der Waals surface area contributed by atoms with E-state index in [9.17, 15) is 14.4 Å². The molecule has 0 unspecified atom stereocenters. The van der Waals surface area contributed by atoms with Gasteiger partial charge in [0.2, 0.25) is 11.8 Å². The van der Waals surface area contributed by atoms with Gasteiger partial charge in [-0.05, 0) is 12.1 Å². The van der Waals surface area contributed by atoms with Crippen LogP contribution in [0, 0.1) is 5.92 Å².